The standard InChI is InChI=1S/C28H27N3O2S/c1-33-25-13-12-23-17-31(15-14-22(23)16-25)18-24-19-34-28(29-24)30-27(32)26(20-8-4-2-5-9-20)21-10-6-3-7-11-21/h2-13,16,19,26H,14-15,17-18H2,1H3,(H,29,30,32). The van der Waals surface area contributed by atoms with Crippen molar-refractivity contribution < 1.29 is 9.53 Å². The van der Waals surface area contributed by atoms with Crippen LogP contribution in [0.15, 0.2) is 84.2 Å². The topological polar surface area (TPSA) is 54.5 Å². The van der Waals surface area contributed by atoms with Crippen molar-refractivity contribution in [3.8, 4) is 5.75 Å². The third kappa shape index (κ3) is 5.03. The molecule has 1 aliphatic rings. The van der Waals surface area contributed by atoms with Crippen LogP contribution in [0.2, 0.25) is 0 Å². The number of thiazole rings is 1. The molecule has 1 aromatic heterocycles. The van der Waals surface area contributed by atoms with Crippen molar-refractivity contribution in [1.29, 1.82) is 0 Å². The van der Waals surface area contributed by atoms with Crippen molar-refractivity contribution in [2.45, 2.75) is 25.4 Å². The van der Waals surface area contributed by atoms with Gasteiger partial charge in [0.05, 0.1) is 18.7 Å². The number of carbonyl (C=O) groups excluding carboxylic acids is 1. The van der Waals surface area contributed by atoms with Gasteiger partial charge in [-0.15, -0.1) is 11.3 Å². The molecule has 2 heterocycles. The SMILES string of the molecule is COc1ccc2c(c1)CCN(Cc1csc(NC(=O)C(c3ccccc3)c3ccccc3)n1)C2. The summed E-state index contributed by atoms with van der Waals surface area (Å²) in [5.41, 5.74) is 5.60. The van der Waals surface area contributed by atoms with Crippen molar-refractivity contribution >= 4 is 22.4 Å². The van der Waals surface area contributed by atoms with Crippen LogP contribution in [0.3, 0.4) is 0 Å². The summed E-state index contributed by atoms with van der Waals surface area (Å²) in [6, 6.07) is 26.1. The number of hydrogen-bond acceptors (Lipinski definition) is 5. The van der Waals surface area contributed by atoms with Crippen molar-refractivity contribution in [1.82, 2.24) is 9.88 Å². The van der Waals surface area contributed by atoms with Crippen LogP contribution in [-0.4, -0.2) is 29.4 Å². The number of nitrogens with one attached hydrogen (secondary N) is 1. The fourth-order valence-electron chi connectivity index (χ4n) is 4.48. The maximum atomic E-state index is 13.3. The number of fused-ring (bicyclic) bond motifs is 1. The first-order chi connectivity index (χ1) is 16.7. The van der Waals surface area contributed by atoms with E-state index in [9.17, 15) is 4.79 Å². The predicted molar refractivity (Wildman–Crippen MR) is 136 cm³/mol. The Morgan fingerprint density at radius 3 is 2.41 bits per heavy atom. The average Bonchev–Trinajstić information content (AvgIpc) is 3.31. The molecule has 0 bridgehead atoms. The Bertz CT molecular complexity index is 1220. The smallest absolute Gasteiger partial charge is 0.238 e. The number of rotatable bonds is 7. The minimum Gasteiger partial charge on any atom is -0.497 e. The molecule has 1 N–H and O–H groups in total. The lowest BCUT2D eigenvalue weighted by atomic mass is 9.90. The molecule has 0 radical (unpaired) electrons. The van der Waals surface area contributed by atoms with Crippen molar-refractivity contribution in [2.24, 2.45) is 0 Å². The quantitative estimate of drug-likeness (QED) is 0.389. The van der Waals surface area contributed by atoms with Gasteiger partial charge in [0.15, 0.2) is 5.13 Å². The van der Waals surface area contributed by atoms with Crippen LogP contribution < -0.4 is 10.1 Å². The predicted octanol–water partition coefficient (Wildman–Crippen LogP) is 5.48. The molecule has 3 aromatic carbocycles. The molecule has 0 spiro atoms. The van der Waals surface area contributed by atoms with Gasteiger partial charge in [0.2, 0.25) is 5.91 Å². The second-order valence-electron chi connectivity index (χ2n) is 8.48. The van der Waals surface area contributed by atoms with Gasteiger partial charge in [0.1, 0.15) is 5.75 Å². The number of nitrogens with zero attached hydrogens (tertiary/aromatic N) is 2. The Kier molecular flexibility index (Phi) is 6.70. The van der Waals surface area contributed by atoms with Crippen LogP contribution in [0, 0.1) is 0 Å². The first-order valence-corrected chi connectivity index (χ1v) is 12.3. The highest BCUT2D eigenvalue weighted by Gasteiger charge is 2.24. The summed E-state index contributed by atoms with van der Waals surface area (Å²) in [7, 11) is 1.71. The molecule has 0 unspecified atom stereocenters. The fourth-order valence-corrected chi connectivity index (χ4v) is 5.18. The van der Waals surface area contributed by atoms with Gasteiger partial charge < -0.3 is 10.1 Å². The zero-order valence-corrected chi connectivity index (χ0v) is 19.9. The Hall–Kier alpha value is -3.48. The van der Waals surface area contributed by atoms with Gasteiger partial charge in [-0.25, -0.2) is 4.98 Å². The Labute approximate surface area is 204 Å². The Balaban J connectivity index is 1.27. The molecule has 0 saturated heterocycles. The molecule has 0 saturated carbocycles. The number of aromatic nitrogens is 1. The van der Waals surface area contributed by atoms with Crippen LogP contribution in [0.4, 0.5) is 5.13 Å². The summed E-state index contributed by atoms with van der Waals surface area (Å²) < 4.78 is 5.35. The van der Waals surface area contributed by atoms with Gasteiger partial charge in [0.25, 0.3) is 0 Å². The summed E-state index contributed by atoms with van der Waals surface area (Å²) in [6.07, 6.45) is 0.996. The number of methoxy groups -OCH3 is 1. The molecule has 0 atom stereocenters. The lowest BCUT2D eigenvalue weighted by molar-refractivity contribution is -0.116. The summed E-state index contributed by atoms with van der Waals surface area (Å²) in [4.78, 5) is 20.5. The molecule has 0 fully saturated rings. The first kappa shape index (κ1) is 22.3. The molecule has 5 nitrogen and oxygen atoms in total. The van der Waals surface area contributed by atoms with Gasteiger partial charge in [-0.05, 0) is 40.8 Å². The largest absolute Gasteiger partial charge is 0.497 e. The van der Waals surface area contributed by atoms with Crippen LogP contribution in [-0.2, 0) is 24.3 Å². The van der Waals surface area contributed by atoms with E-state index in [-0.39, 0.29) is 11.8 Å². The highest BCUT2D eigenvalue weighted by molar-refractivity contribution is 7.13. The zero-order valence-electron chi connectivity index (χ0n) is 19.1. The molecule has 0 aliphatic carbocycles. The monoisotopic (exact) mass is 469 g/mol. The third-order valence-corrected chi connectivity index (χ3v) is 7.01. The van der Waals surface area contributed by atoms with Gasteiger partial charge in [-0.2, -0.15) is 0 Å². The molecule has 5 rings (SSSR count). The first-order valence-electron chi connectivity index (χ1n) is 11.4. The maximum Gasteiger partial charge on any atom is 0.238 e. The van der Waals surface area contributed by atoms with Gasteiger partial charge >= 0.3 is 0 Å². The average molecular weight is 470 g/mol. The number of carbonyl (C=O) groups is 1. The van der Waals surface area contributed by atoms with Crippen LogP contribution >= 0.6 is 11.3 Å². The van der Waals surface area contributed by atoms with Gasteiger partial charge in [-0.3, -0.25) is 9.69 Å². The van der Waals surface area contributed by atoms with E-state index in [0.29, 0.717) is 5.13 Å². The number of benzene rings is 3. The highest BCUT2D eigenvalue weighted by Crippen LogP contribution is 2.28. The van der Waals surface area contributed by atoms with Crippen molar-refractivity contribution in [3.63, 3.8) is 0 Å². The summed E-state index contributed by atoms with van der Waals surface area (Å²) >= 11 is 1.48. The van der Waals surface area contributed by atoms with E-state index in [2.05, 4.69) is 22.3 Å². The zero-order chi connectivity index (χ0) is 23.3. The molecular formula is C28H27N3O2S. The lowest BCUT2D eigenvalue weighted by Crippen LogP contribution is -2.30. The van der Waals surface area contributed by atoms with E-state index in [0.717, 1.165) is 48.6 Å². The van der Waals surface area contributed by atoms with E-state index in [1.165, 1.54) is 22.5 Å². The molecule has 172 valence electrons. The van der Waals surface area contributed by atoms with Crippen LogP contribution in [0.5, 0.6) is 5.75 Å². The minimum absolute atomic E-state index is 0.0702. The normalized spacial score (nSPS) is 13.5. The van der Waals surface area contributed by atoms with Gasteiger partial charge in [-0.1, -0.05) is 66.7 Å². The molecule has 1 aliphatic heterocycles. The highest BCUT2D eigenvalue weighted by atomic mass is 32.1. The van der Waals surface area contributed by atoms with E-state index in [4.69, 9.17) is 9.72 Å². The second kappa shape index (κ2) is 10.2. The summed E-state index contributed by atoms with van der Waals surface area (Å²) in [5.74, 6) is 0.459. The number of anilines is 1. The Morgan fingerprint density at radius 2 is 1.74 bits per heavy atom. The van der Waals surface area contributed by atoms with E-state index in [1.54, 1.807) is 7.11 Å². The van der Waals surface area contributed by atoms with Crippen LogP contribution in [0.1, 0.15) is 33.9 Å². The van der Waals surface area contributed by atoms with E-state index >= 15 is 0 Å². The van der Waals surface area contributed by atoms with E-state index in [1.807, 2.05) is 72.1 Å². The Morgan fingerprint density at radius 1 is 1.03 bits per heavy atom. The van der Waals surface area contributed by atoms with E-state index < -0.39 is 0 Å². The molecule has 34 heavy (non-hydrogen) atoms. The summed E-state index contributed by atoms with van der Waals surface area (Å²) in [6.45, 7) is 2.63. The van der Waals surface area contributed by atoms with Gasteiger partial charge in [0, 0.05) is 25.0 Å². The van der Waals surface area contributed by atoms with Crippen molar-refractivity contribution in [3.05, 3.63) is 112 Å². The summed E-state index contributed by atoms with van der Waals surface area (Å²) in [5, 5.41) is 5.74. The van der Waals surface area contributed by atoms with Crippen LogP contribution in [0.25, 0.3) is 0 Å². The lowest BCUT2D eigenvalue weighted by Gasteiger charge is -2.28. The second-order valence-corrected chi connectivity index (χ2v) is 9.34. The maximum absolute atomic E-state index is 13.3. The number of ether oxygens (including phenoxy) is 1. The molecule has 1 amide bonds. The minimum atomic E-state index is -0.384. The molecule has 6 heteroatoms. The number of amides is 1. The fraction of sp³-hybridized carbons (Fsp3) is 0.214. The van der Waals surface area contributed by atoms with Crippen molar-refractivity contribution in [2.75, 3.05) is 19.0 Å². The molecular weight excluding hydrogens is 442 g/mol. The third-order valence-electron chi connectivity index (χ3n) is 6.20. The number of hydrogen-bond donors (Lipinski definition) is 1. The molecule has 4 aromatic rings.